The molecule has 2 heterocycles. The van der Waals surface area contributed by atoms with Crippen LogP contribution in [0.15, 0.2) is 29.8 Å². The highest BCUT2D eigenvalue weighted by atomic mass is 32.1. The highest BCUT2D eigenvalue weighted by Gasteiger charge is 2.27. The second-order valence-corrected chi connectivity index (χ2v) is 6.48. The first-order valence-corrected chi connectivity index (χ1v) is 8.02. The molecule has 0 spiro atoms. The van der Waals surface area contributed by atoms with E-state index in [9.17, 15) is 4.39 Å². The third-order valence-electron chi connectivity index (χ3n) is 3.79. The molecular weight excluding hydrogens is 287 g/mol. The molecule has 0 bridgehead atoms. The summed E-state index contributed by atoms with van der Waals surface area (Å²) in [5.74, 6) is -0.209. The molecule has 0 radical (unpaired) electrons. The van der Waals surface area contributed by atoms with E-state index in [1.54, 1.807) is 11.3 Å². The largest absolute Gasteiger partial charge is 0.368 e. The molecule has 5 heteroatoms. The average Bonchev–Trinajstić information content (AvgIpc) is 2.84. The van der Waals surface area contributed by atoms with Gasteiger partial charge in [0, 0.05) is 24.5 Å². The lowest BCUT2D eigenvalue weighted by molar-refractivity contribution is -0.0812. The minimum Gasteiger partial charge on any atom is -0.368 e. The second-order valence-electron chi connectivity index (χ2n) is 5.54. The summed E-state index contributed by atoms with van der Waals surface area (Å²) in [6.45, 7) is 6.78. The van der Waals surface area contributed by atoms with Gasteiger partial charge in [0.05, 0.1) is 23.4 Å². The topological polar surface area (TPSA) is 25.4 Å². The maximum absolute atomic E-state index is 13.0. The van der Waals surface area contributed by atoms with Crippen LogP contribution in [0.4, 0.5) is 4.39 Å². The molecule has 2 aromatic rings. The van der Waals surface area contributed by atoms with Crippen LogP contribution in [0.2, 0.25) is 0 Å². The number of nitrogens with zero attached hydrogens (tertiary/aromatic N) is 2. The van der Waals surface area contributed by atoms with Gasteiger partial charge in [-0.1, -0.05) is 12.1 Å². The molecular formula is C16H19FN2OS. The van der Waals surface area contributed by atoms with E-state index in [-0.39, 0.29) is 18.0 Å². The molecule has 0 saturated carbocycles. The summed E-state index contributed by atoms with van der Waals surface area (Å²) in [4.78, 5) is 8.01. The standard InChI is InChI=1S/C16H19FN2OS/c1-11-7-19(9-16-12(2)18-10-21-16)8-15(20-11)13-3-5-14(17)6-4-13/h3-6,10-11,15H,7-9H2,1-2H3. The lowest BCUT2D eigenvalue weighted by atomic mass is 10.1. The third-order valence-corrected chi connectivity index (χ3v) is 4.71. The fraction of sp³-hybridized carbons (Fsp3) is 0.438. The van der Waals surface area contributed by atoms with Crippen LogP contribution in [0.1, 0.15) is 29.2 Å². The van der Waals surface area contributed by atoms with Gasteiger partial charge in [0.25, 0.3) is 0 Å². The number of halogens is 1. The molecule has 1 aliphatic heterocycles. The molecule has 1 aromatic carbocycles. The molecule has 0 amide bonds. The number of aryl methyl sites for hydroxylation is 1. The first-order valence-electron chi connectivity index (χ1n) is 7.14. The van der Waals surface area contributed by atoms with Crippen molar-refractivity contribution in [2.75, 3.05) is 13.1 Å². The molecule has 0 N–H and O–H groups in total. The lowest BCUT2D eigenvalue weighted by Gasteiger charge is -2.36. The van der Waals surface area contributed by atoms with Gasteiger partial charge in [0.2, 0.25) is 0 Å². The molecule has 1 saturated heterocycles. The van der Waals surface area contributed by atoms with Gasteiger partial charge in [0.1, 0.15) is 5.82 Å². The van der Waals surface area contributed by atoms with Gasteiger partial charge in [-0.05, 0) is 31.5 Å². The van der Waals surface area contributed by atoms with Gasteiger partial charge in [-0.25, -0.2) is 9.37 Å². The van der Waals surface area contributed by atoms with Gasteiger partial charge in [-0.2, -0.15) is 0 Å². The van der Waals surface area contributed by atoms with E-state index in [0.717, 1.165) is 30.9 Å². The van der Waals surface area contributed by atoms with Gasteiger partial charge in [0.15, 0.2) is 0 Å². The minimum absolute atomic E-state index is 0.00239. The summed E-state index contributed by atoms with van der Waals surface area (Å²) in [5, 5.41) is 0. The zero-order valence-corrected chi connectivity index (χ0v) is 13.1. The first kappa shape index (κ1) is 14.6. The van der Waals surface area contributed by atoms with Crippen molar-refractivity contribution in [3.8, 4) is 0 Å². The Bertz CT molecular complexity index is 599. The summed E-state index contributed by atoms with van der Waals surface area (Å²) in [5.41, 5.74) is 4.04. The Balaban J connectivity index is 1.72. The number of rotatable bonds is 3. The Morgan fingerprint density at radius 1 is 1.33 bits per heavy atom. The monoisotopic (exact) mass is 306 g/mol. The number of hydrogen-bond acceptors (Lipinski definition) is 4. The predicted molar refractivity (Wildman–Crippen MR) is 81.8 cm³/mol. The fourth-order valence-electron chi connectivity index (χ4n) is 2.71. The van der Waals surface area contributed by atoms with Crippen LogP contribution in [-0.2, 0) is 11.3 Å². The van der Waals surface area contributed by atoms with Crippen LogP contribution in [-0.4, -0.2) is 29.1 Å². The summed E-state index contributed by atoms with van der Waals surface area (Å²) < 4.78 is 19.1. The Morgan fingerprint density at radius 3 is 2.76 bits per heavy atom. The predicted octanol–water partition coefficient (Wildman–Crippen LogP) is 3.55. The lowest BCUT2D eigenvalue weighted by Crippen LogP contribution is -2.42. The van der Waals surface area contributed by atoms with Crippen LogP contribution in [0.3, 0.4) is 0 Å². The van der Waals surface area contributed by atoms with Gasteiger partial charge in [-0.3, -0.25) is 4.90 Å². The normalized spacial score (nSPS) is 23.4. The SMILES string of the molecule is Cc1ncsc1CN1CC(C)OC(c2ccc(F)cc2)C1. The van der Waals surface area contributed by atoms with E-state index >= 15 is 0 Å². The number of aromatic nitrogens is 1. The molecule has 1 aliphatic rings. The van der Waals surface area contributed by atoms with Gasteiger partial charge >= 0.3 is 0 Å². The summed E-state index contributed by atoms with van der Waals surface area (Å²) in [7, 11) is 0. The van der Waals surface area contributed by atoms with E-state index < -0.39 is 0 Å². The van der Waals surface area contributed by atoms with Gasteiger partial charge in [-0.15, -0.1) is 11.3 Å². The summed E-state index contributed by atoms with van der Waals surface area (Å²) in [6.07, 6.45) is 0.171. The highest BCUT2D eigenvalue weighted by Crippen LogP contribution is 2.27. The number of thiazole rings is 1. The van der Waals surface area contributed by atoms with E-state index in [1.807, 2.05) is 24.6 Å². The Kier molecular flexibility index (Phi) is 4.33. The van der Waals surface area contributed by atoms with Gasteiger partial charge < -0.3 is 4.74 Å². The smallest absolute Gasteiger partial charge is 0.123 e. The number of benzene rings is 1. The maximum Gasteiger partial charge on any atom is 0.123 e. The third kappa shape index (κ3) is 3.48. The van der Waals surface area contributed by atoms with Crippen molar-refractivity contribution >= 4 is 11.3 Å². The quantitative estimate of drug-likeness (QED) is 0.867. The van der Waals surface area contributed by atoms with Crippen molar-refractivity contribution < 1.29 is 9.13 Å². The van der Waals surface area contributed by atoms with Crippen molar-refractivity contribution in [3.63, 3.8) is 0 Å². The number of morpholine rings is 1. The van der Waals surface area contributed by atoms with E-state index in [0.29, 0.717) is 0 Å². The maximum atomic E-state index is 13.0. The zero-order chi connectivity index (χ0) is 14.8. The molecule has 2 atom stereocenters. The fourth-order valence-corrected chi connectivity index (χ4v) is 3.53. The van der Waals surface area contributed by atoms with E-state index in [2.05, 4.69) is 16.8 Å². The van der Waals surface area contributed by atoms with E-state index in [4.69, 9.17) is 4.74 Å². The molecule has 3 nitrogen and oxygen atoms in total. The average molecular weight is 306 g/mol. The van der Waals surface area contributed by atoms with Crippen molar-refractivity contribution in [2.24, 2.45) is 0 Å². The molecule has 112 valence electrons. The summed E-state index contributed by atoms with van der Waals surface area (Å²) in [6, 6.07) is 6.62. The van der Waals surface area contributed by atoms with Crippen molar-refractivity contribution in [2.45, 2.75) is 32.6 Å². The molecule has 3 rings (SSSR count). The minimum atomic E-state index is -0.209. The second kappa shape index (κ2) is 6.22. The van der Waals surface area contributed by atoms with Crippen LogP contribution < -0.4 is 0 Å². The molecule has 0 aliphatic carbocycles. The Hall–Kier alpha value is -1.30. The highest BCUT2D eigenvalue weighted by molar-refractivity contribution is 7.09. The van der Waals surface area contributed by atoms with Crippen molar-refractivity contribution in [1.82, 2.24) is 9.88 Å². The Morgan fingerprint density at radius 2 is 2.10 bits per heavy atom. The summed E-state index contributed by atoms with van der Waals surface area (Å²) >= 11 is 1.70. The van der Waals surface area contributed by atoms with Crippen molar-refractivity contribution in [3.05, 3.63) is 51.7 Å². The number of ether oxygens (including phenoxy) is 1. The molecule has 1 aromatic heterocycles. The molecule has 1 fully saturated rings. The molecule has 2 unspecified atom stereocenters. The van der Waals surface area contributed by atoms with Crippen LogP contribution in [0.25, 0.3) is 0 Å². The van der Waals surface area contributed by atoms with E-state index in [1.165, 1.54) is 17.0 Å². The van der Waals surface area contributed by atoms with Crippen LogP contribution in [0.5, 0.6) is 0 Å². The van der Waals surface area contributed by atoms with Crippen LogP contribution in [0, 0.1) is 12.7 Å². The molecule has 21 heavy (non-hydrogen) atoms. The van der Waals surface area contributed by atoms with Crippen molar-refractivity contribution in [1.29, 1.82) is 0 Å². The Labute approximate surface area is 128 Å². The first-order chi connectivity index (χ1) is 10.1. The number of hydrogen-bond donors (Lipinski definition) is 0. The zero-order valence-electron chi connectivity index (χ0n) is 12.3. The van der Waals surface area contributed by atoms with Crippen LogP contribution >= 0.6 is 11.3 Å².